The molecule has 0 bridgehead atoms. The first-order valence-electron chi connectivity index (χ1n) is 6.68. The van der Waals surface area contributed by atoms with Crippen molar-refractivity contribution in [3.05, 3.63) is 78.4 Å². The van der Waals surface area contributed by atoms with Gasteiger partial charge in [0.2, 0.25) is 0 Å². The van der Waals surface area contributed by atoms with Crippen LogP contribution in [0.15, 0.2) is 72.8 Å². The van der Waals surface area contributed by atoms with Crippen molar-refractivity contribution in [3.8, 4) is 28.0 Å². The Hall–Kier alpha value is -2.54. The van der Waals surface area contributed by atoms with E-state index in [0.29, 0.717) is 0 Å². The summed E-state index contributed by atoms with van der Waals surface area (Å²) in [5.41, 5.74) is 4.58. The average Bonchev–Trinajstić information content (AvgIpc) is 2.51. The average molecular weight is 259 g/mol. The zero-order chi connectivity index (χ0) is 13.9. The summed E-state index contributed by atoms with van der Waals surface area (Å²) in [6.07, 6.45) is 0. The minimum Gasteiger partial charge on any atom is -0.289 e. The highest BCUT2D eigenvalue weighted by Crippen LogP contribution is 2.39. The first-order valence-corrected chi connectivity index (χ1v) is 6.68. The van der Waals surface area contributed by atoms with Crippen molar-refractivity contribution in [2.45, 2.75) is 6.92 Å². The predicted octanol–water partition coefficient (Wildman–Crippen LogP) is 5.47. The molecule has 0 saturated carbocycles. The molecule has 1 heteroatoms. The van der Waals surface area contributed by atoms with Gasteiger partial charge in [-0.05, 0) is 35.7 Å². The van der Waals surface area contributed by atoms with Crippen molar-refractivity contribution in [2.75, 3.05) is 0 Å². The summed E-state index contributed by atoms with van der Waals surface area (Å²) >= 11 is 0. The molecular formula is C19H15O. The molecule has 0 atom stereocenters. The number of hydrogen-bond donors (Lipinski definition) is 0. The summed E-state index contributed by atoms with van der Waals surface area (Å²) in [6, 6.07) is 23.6. The summed E-state index contributed by atoms with van der Waals surface area (Å²) < 4.78 is 0. The SMILES string of the molecule is Cc1cc(-c2ccccc2)c([O])c(-c2ccccc2)c1. The zero-order valence-electron chi connectivity index (χ0n) is 11.3. The number of aryl methyl sites for hydroxylation is 1. The van der Waals surface area contributed by atoms with E-state index in [1.165, 1.54) is 0 Å². The van der Waals surface area contributed by atoms with E-state index < -0.39 is 0 Å². The first-order chi connectivity index (χ1) is 9.75. The first kappa shape index (κ1) is 12.5. The largest absolute Gasteiger partial charge is 0.289 e. The molecule has 3 aromatic carbocycles. The lowest BCUT2D eigenvalue weighted by molar-refractivity contribution is 0.358. The lowest BCUT2D eigenvalue weighted by Gasteiger charge is -2.10. The van der Waals surface area contributed by atoms with Crippen molar-refractivity contribution < 1.29 is 5.11 Å². The molecule has 0 N–H and O–H groups in total. The highest BCUT2D eigenvalue weighted by Gasteiger charge is 2.13. The molecule has 1 nitrogen and oxygen atoms in total. The molecule has 0 fully saturated rings. The van der Waals surface area contributed by atoms with Crippen LogP contribution in [0.5, 0.6) is 5.75 Å². The van der Waals surface area contributed by atoms with Gasteiger partial charge in [0, 0.05) is 11.1 Å². The molecular weight excluding hydrogens is 244 g/mol. The second-order valence-corrected chi connectivity index (χ2v) is 4.92. The van der Waals surface area contributed by atoms with Gasteiger partial charge in [-0.2, -0.15) is 0 Å². The van der Waals surface area contributed by atoms with Crippen LogP contribution in [0.2, 0.25) is 0 Å². The van der Waals surface area contributed by atoms with Crippen LogP contribution in [0.4, 0.5) is 0 Å². The fourth-order valence-electron chi connectivity index (χ4n) is 2.44. The van der Waals surface area contributed by atoms with Gasteiger partial charge in [0.1, 0.15) is 0 Å². The van der Waals surface area contributed by atoms with Crippen LogP contribution in [0.25, 0.3) is 22.3 Å². The maximum Gasteiger partial charge on any atom is 0.194 e. The summed E-state index contributed by atoms with van der Waals surface area (Å²) in [7, 11) is 0. The molecule has 0 saturated heterocycles. The third kappa shape index (κ3) is 2.30. The van der Waals surface area contributed by atoms with Gasteiger partial charge in [-0.15, -0.1) is 0 Å². The Morgan fingerprint density at radius 3 is 1.45 bits per heavy atom. The van der Waals surface area contributed by atoms with Crippen LogP contribution in [0.1, 0.15) is 5.56 Å². The van der Waals surface area contributed by atoms with Crippen molar-refractivity contribution >= 4 is 0 Å². The van der Waals surface area contributed by atoms with Crippen LogP contribution in [0.3, 0.4) is 0 Å². The highest BCUT2D eigenvalue weighted by molar-refractivity contribution is 5.82. The monoisotopic (exact) mass is 259 g/mol. The van der Waals surface area contributed by atoms with E-state index in [2.05, 4.69) is 0 Å². The van der Waals surface area contributed by atoms with E-state index in [4.69, 9.17) is 0 Å². The molecule has 0 amide bonds. The zero-order valence-corrected chi connectivity index (χ0v) is 11.3. The lowest BCUT2D eigenvalue weighted by atomic mass is 9.95. The van der Waals surface area contributed by atoms with Crippen LogP contribution >= 0.6 is 0 Å². The van der Waals surface area contributed by atoms with Gasteiger partial charge in [-0.1, -0.05) is 60.7 Å². The van der Waals surface area contributed by atoms with Gasteiger partial charge in [-0.25, -0.2) is 0 Å². The fraction of sp³-hybridized carbons (Fsp3) is 0.0526. The minimum absolute atomic E-state index is 0.0907. The van der Waals surface area contributed by atoms with Crippen molar-refractivity contribution in [3.63, 3.8) is 0 Å². The van der Waals surface area contributed by atoms with Crippen molar-refractivity contribution in [2.24, 2.45) is 0 Å². The molecule has 3 rings (SSSR count). The summed E-state index contributed by atoms with van der Waals surface area (Å²) in [4.78, 5) is 0. The normalized spacial score (nSPS) is 10.4. The Balaban J connectivity index is 2.22. The van der Waals surface area contributed by atoms with Gasteiger partial charge in [0.15, 0.2) is 5.75 Å². The standard InChI is InChI=1S/C19H15O/c1-14-12-17(15-8-4-2-5-9-15)19(20)18(13-14)16-10-6-3-7-11-16/h2-13H,1H3. The molecule has 1 radical (unpaired) electrons. The molecule has 0 heterocycles. The predicted molar refractivity (Wildman–Crippen MR) is 82.2 cm³/mol. The number of hydrogen-bond acceptors (Lipinski definition) is 0. The third-order valence-corrected chi connectivity index (χ3v) is 3.40. The molecule has 3 aromatic rings. The van der Waals surface area contributed by atoms with E-state index in [1.807, 2.05) is 79.7 Å². The Labute approximate surface area is 119 Å². The Morgan fingerprint density at radius 1 is 0.650 bits per heavy atom. The second-order valence-electron chi connectivity index (χ2n) is 4.92. The Bertz CT molecular complexity index is 655. The molecule has 0 aliphatic rings. The molecule has 20 heavy (non-hydrogen) atoms. The number of rotatable bonds is 2. The molecule has 0 aliphatic carbocycles. The summed E-state index contributed by atoms with van der Waals surface area (Å²) in [6.45, 7) is 2.03. The summed E-state index contributed by atoms with van der Waals surface area (Å²) in [5, 5.41) is 12.7. The summed E-state index contributed by atoms with van der Waals surface area (Å²) in [5.74, 6) is 0.0907. The maximum atomic E-state index is 12.7. The van der Waals surface area contributed by atoms with Crippen molar-refractivity contribution in [1.82, 2.24) is 0 Å². The van der Waals surface area contributed by atoms with Crippen LogP contribution in [-0.2, 0) is 5.11 Å². The van der Waals surface area contributed by atoms with Crippen LogP contribution in [-0.4, -0.2) is 0 Å². The van der Waals surface area contributed by atoms with Crippen molar-refractivity contribution in [1.29, 1.82) is 0 Å². The van der Waals surface area contributed by atoms with Crippen LogP contribution in [0, 0.1) is 6.92 Å². The topological polar surface area (TPSA) is 19.9 Å². The van der Waals surface area contributed by atoms with Gasteiger partial charge in [0.05, 0.1) is 0 Å². The third-order valence-electron chi connectivity index (χ3n) is 3.40. The van der Waals surface area contributed by atoms with E-state index in [9.17, 15) is 5.11 Å². The van der Waals surface area contributed by atoms with Gasteiger partial charge < -0.3 is 0 Å². The highest BCUT2D eigenvalue weighted by atomic mass is 16.3. The van der Waals surface area contributed by atoms with E-state index in [1.54, 1.807) is 0 Å². The fourth-order valence-corrected chi connectivity index (χ4v) is 2.44. The molecule has 0 aromatic heterocycles. The quantitative estimate of drug-likeness (QED) is 0.581. The van der Waals surface area contributed by atoms with E-state index in [-0.39, 0.29) is 5.75 Å². The van der Waals surface area contributed by atoms with E-state index >= 15 is 0 Å². The lowest BCUT2D eigenvalue weighted by Crippen LogP contribution is -1.86. The smallest absolute Gasteiger partial charge is 0.194 e. The molecule has 0 spiro atoms. The Kier molecular flexibility index (Phi) is 3.26. The minimum atomic E-state index is 0.0907. The van der Waals surface area contributed by atoms with Crippen LogP contribution < -0.4 is 0 Å². The molecule has 97 valence electrons. The van der Waals surface area contributed by atoms with Gasteiger partial charge in [0.25, 0.3) is 0 Å². The van der Waals surface area contributed by atoms with E-state index in [0.717, 1.165) is 27.8 Å². The molecule has 0 aliphatic heterocycles. The Morgan fingerprint density at radius 2 is 1.05 bits per heavy atom. The van der Waals surface area contributed by atoms with Gasteiger partial charge >= 0.3 is 0 Å². The molecule has 0 unspecified atom stereocenters. The maximum absolute atomic E-state index is 12.7. The van der Waals surface area contributed by atoms with Gasteiger partial charge in [-0.3, -0.25) is 5.11 Å². The second kappa shape index (κ2) is 5.22. The number of benzene rings is 3.